The minimum absolute atomic E-state index is 0.110. The molecular formula is C16H22N2O2S. The SMILES string of the molecule is CC1(C(=O)Nc2ccc(OCC(N)=S)cc2)CCCCC1. The lowest BCUT2D eigenvalue weighted by molar-refractivity contribution is -0.126. The van der Waals surface area contributed by atoms with E-state index in [-0.39, 0.29) is 17.9 Å². The lowest BCUT2D eigenvalue weighted by Gasteiger charge is -2.32. The minimum Gasteiger partial charge on any atom is -0.487 e. The van der Waals surface area contributed by atoms with Gasteiger partial charge in [0.1, 0.15) is 17.3 Å². The first-order valence-electron chi connectivity index (χ1n) is 7.32. The van der Waals surface area contributed by atoms with Crippen molar-refractivity contribution in [3.05, 3.63) is 24.3 Å². The number of rotatable bonds is 5. The molecule has 21 heavy (non-hydrogen) atoms. The lowest BCUT2D eigenvalue weighted by Crippen LogP contribution is -2.35. The van der Waals surface area contributed by atoms with Crippen LogP contribution < -0.4 is 15.8 Å². The maximum atomic E-state index is 12.4. The van der Waals surface area contributed by atoms with Crippen LogP contribution in [0.3, 0.4) is 0 Å². The van der Waals surface area contributed by atoms with Crippen LogP contribution in [-0.4, -0.2) is 17.5 Å². The number of nitrogens with two attached hydrogens (primary N) is 1. The molecule has 0 atom stereocenters. The molecule has 1 amide bonds. The summed E-state index contributed by atoms with van der Waals surface area (Å²) in [5.41, 5.74) is 5.93. The molecule has 0 aromatic heterocycles. The molecule has 1 fully saturated rings. The van der Waals surface area contributed by atoms with E-state index in [1.165, 1.54) is 6.42 Å². The Morgan fingerprint density at radius 2 is 1.90 bits per heavy atom. The Kier molecular flexibility index (Phi) is 5.17. The molecule has 0 heterocycles. The zero-order valence-corrected chi connectivity index (χ0v) is 13.2. The van der Waals surface area contributed by atoms with Gasteiger partial charge in [-0.2, -0.15) is 0 Å². The number of hydrogen-bond donors (Lipinski definition) is 2. The van der Waals surface area contributed by atoms with E-state index in [9.17, 15) is 4.79 Å². The van der Waals surface area contributed by atoms with Gasteiger partial charge in [0.15, 0.2) is 0 Å². The monoisotopic (exact) mass is 306 g/mol. The van der Waals surface area contributed by atoms with Crippen LogP contribution in [0.5, 0.6) is 5.75 Å². The number of anilines is 1. The molecule has 3 N–H and O–H groups in total. The zero-order valence-electron chi connectivity index (χ0n) is 12.4. The normalized spacial score (nSPS) is 17.0. The summed E-state index contributed by atoms with van der Waals surface area (Å²) >= 11 is 4.76. The summed E-state index contributed by atoms with van der Waals surface area (Å²) in [6.07, 6.45) is 5.44. The largest absolute Gasteiger partial charge is 0.487 e. The molecule has 2 rings (SSSR count). The highest BCUT2D eigenvalue weighted by Crippen LogP contribution is 2.36. The summed E-state index contributed by atoms with van der Waals surface area (Å²) in [5.74, 6) is 0.795. The van der Waals surface area contributed by atoms with Gasteiger partial charge in [-0.15, -0.1) is 0 Å². The Morgan fingerprint density at radius 1 is 1.29 bits per heavy atom. The molecule has 1 saturated carbocycles. The molecule has 0 radical (unpaired) electrons. The van der Waals surface area contributed by atoms with E-state index >= 15 is 0 Å². The van der Waals surface area contributed by atoms with Crippen LogP contribution in [0.1, 0.15) is 39.0 Å². The molecule has 1 aliphatic rings. The van der Waals surface area contributed by atoms with Crippen LogP contribution >= 0.6 is 12.2 Å². The fourth-order valence-corrected chi connectivity index (χ4v) is 2.69. The van der Waals surface area contributed by atoms with Crippen molar-refractivity contribution >= 4 is 28.8 Å². The summed E-state index contributed by atoms with van der Waals surface area (Å²) < 4.78 is 5.38. The number of nitrogens with one attached hydrogen (secondary N) is 1. The van der Waals surface area contributed by atoms with E-state index in [1.807, 2.05) is 12.1 Å². The second-order valence-electron chi connectivity index (χ2n) is 5.85. The van der Waals surface area contributed by atoms with Crippen molar-refractivity contribution in [3.8, 4) is 5.75 Å². The van der Waals surface area contributed by atoms with Crippen molar-refractivity contribution in [1.82, 2.24) is 0 Å². The molecule has 0 unspecified atom stereocenters. The molecule has 1 aliphatic carbocycles. The fraction of sp³-hybridized carbons (Fsp3) is 0.500. The third-order valence-corrected chi connectivity index (χ3v) is 4.12. The Morgan fingerprint density at radius 3 is 2.48 bits per heavy atom. The van der Waals surface area contributed by atoms with Gasteiger partial charge in [-0.3, -0.25) is 4.79 Å². The second-order valence-corrected chi connectivity index (χ2v) is 6.38. The van der Waals surface area contributed by atoms with Gasteiger partial charge >= 0.3 is 0 Å². The second kappa shape index (κ2) is 6.89. The Balaban J connectivity index is 1.93. The highest BCUT2D eigenvalue weighted by Gasteiger charge is 2.34. The summed E-state index contributed by atoms with van der Waals surface area (Å²) in [6.45, 7) is 2.28. The van der Waals surface area contributed by atoms with Gasteiger partial charge in [0.25, 0.3) is 0 Å². The van der Waals surface area contributed by atoms with E-state index in [2.05, 4.69) is 12.2 Å². The number of amides is 1. The van der Waals surface area contributed by atoms with Crippen molar-refractivity contribution in [2.75, 3.05) is 11.9 Å². The van der Waals surface area contributed by atoms with Crippen molar-refractivity contribution < 1.29 is 9.53 Å². The van der Waals surface area contributed by atoms with Crippen molar-refractivity contribution in [1.29, 1.82) is 0 Å². The number of carbonyl (C=O) groups is 1. The van der Waals surface area contributed by atoms with Gasteiger partial charge in [-0.1, -0.05) is 38.4 Å². The number of carbonyl (C=O) groups excluding carboxylic acids is 1. The number of ether oxygens (including phenoxy) is 1. The van der Waals surface area contributed by atoms with Crippen LogP contribution in [0.25, 0.3) is 0 Å². The third-order valence-electron chi connectivity index (χ3n) is 4.00. The van der Waals surface area contributed by atoms with Crippen LogP contribution in [-0.2, 0) is 4.79 Å². The molecular weight excluding hydrogens is 284 g/mol. The van der Waals surface area contributed by atoms with Gasteiger partial charge in [0.05, 0.1) is 0 Å². The molecule has 1 aromatic rings. The number of hydrogen-bond acceptors (Lipinski definition) is 3. The fourth-order valence-electron chi connectivity index (χ4n) is 2.63. The first-order chi connectivity index (χ1) is 9.99. The smallest absolute Gasteiger partial charge is 0.230 e. The molecule has 114 valence electrons. The summed E-state index contributed by atoms with van der Waals surface area (Å²) in [6, 6.07) is 7.27. The Bertz CT molecular complexity index is 508. The van der Waals surface area contributed by atoms with Gasteiger partial charge < -0.3 is 15.8 Å². The molecule has 5 heteroatoms. The predicted molar refractivity (Wildman–Crippen MR) is 88.5 cm³/mol. The van der Waals surface area contributed by atoms with Gasteiger partial charge in [0, 0.05) is 11.1 Å². The molecule has 0 saturated heterocycles. The highest BCUT2D eigenvalue weighted by molar-refractivity contribution is 7.80. The Labute approximate surface area is 131 Å². The molecule has 0 spiro atoms. The van der Waals surface area contributed by atoms with Gasteiger partial charge in [-0.05, 0) is 37.1 Å². The maximum absolute atomic E-state index is 12.4. The predicted octanol–water partition coefficient (Wildman–Crippen LogP) is 3.26. The first-order valence-corrected chi connectivity index (χ1v) is 7.73. The topological polar surface area (TPSA) is 64.3 Å². The van der Waals surface area contributed by atoms with Crippen LogP contribution in [0.4, 0.5) is 5.69 Å². The first kappa shape index (κ1) is 15.8. The molecule has 1 aromatic carbocycles. The average molecular weight is 306 g/mol. The highest BCUT2D eigenvalue weighted by atomic mass is 32.1. The van der Waals surface area contributed by atoms with E-state index in [4.69, 9.17) is 22.7 Å². The third kappa shape index (κ3) is 4.43. The van der Waals surface area contributed by atoms with E-state index in [1.54, 1.807) is 12.1 Å². The molecule has 0 aliphatic heterocycles. The average Bonchev–Trinajstić information content (AvgIpc) is 2.47. The molecule has 0 bridgehead atoms. The van der Waals surface area contributed by atoms with E-state index < -0.39 is 0 Å². The molecule has 4 nitrogen and oxygen atoms in total. The number of benzene rings is 1. The maximum Gasteiger partial charge on any atom is 0.230 e. The summed E-state index contributed by atoms with van der Waals surface area (Å²) in [7, 11) is 0. The summed E-state index contributed by atoms with van der Waals surface area (Å²) in [5, 5.41) is 3.00. The zero-order chi connectivity index (χ0) is 15.3. The van der Waals surface area contributed by atoms with E-state index in [0.717, 1.165) is 31.4 Å². The quantitative estimate of drug-likeness (QED) is 0.820. The van der Waals surface area contributed by atoms with Crippen molar-refractivity contribution in [2.45, 2.75) is 39.0 Å². The van der Waals surface area contributed by atoms with Crippen LogP contribution in [0.2, 0.25) is 0 Å². The van der Waals surface area contributed by atoms with E-state index in [0.29, 0.717) is 10.7 Å². The van der Waals surface area contributed by atoms with Crippen LogP contribution in [0, 0.1) is 5.41 Å². The number of thiocarbonyl (C=S) groups is 1. The standard InChI is InChI=1S/C16H22N2O2S/c1-16(9-3-2-4-10-16)15(19)18-12-5-7-13(8-6-12)20-11-14(17)21/h5-8H,2-4,9-11H2,1H3,(H2,17,21)(H,18,19). The van der Waals surface area contributed by atoms with Gasteiger partial charge in [0.2, 0.25) is 5.91 Å². The Hall–Kier alpha value is -1.62. The van der Waals surface area contributed by atoms with Crippen LogP contribution in [0.15, 0.2) is 24.3 Å². The summed E-state index contributed by atoms with van der Waals surface area (Å²) in [4.78, 5) is 12.7. The lowest BCUT2D eigenvalue weighted by atomic mass is 9.75. The van der Waals surface area contributed by atoms with Crippen molar-refractivity contribution in [2.24, 2.45) is 11.1 Å². The van der Waals surface area contributed by atoms with Crippen molar-refractivity contribution in [3.63, 3.8) is 0 Å². The van der Waals surface area contributed by atoms with Gasteiger partial charge in [-0.25, -0.2) is 0 Å². The minimum atomic E-state index is -0.237.